The first-order chi connectivity index (χ1) is 11.9. The monoisotopic (exact) mass is 337 g/mol. The second kappa shape index (κ2) is 6.51. The van der Waals surface area contributed by atoms with Gasteiger partial charge in [-0.1, -0.05) is 12.1 Å². The Labute approximate surface area is 146 Å². The molecule has 2 aromatic carbocycles. The van der Waals surface area contributed by atoms with E-state index in [9.17, 15) is 14.4 Å². The molecule has 0 bridgehead atoms. The van der Waals surface area contributed by atoms with Gasteiger partial charge in [0.15, 0.2) is 0 Å². The molecule has 1 fully saturated rings. The fraction of sp³-hybridized carbons (Fsp3) is 0.250. The summed E-state index contributed by atoms with van der Waals surface area (Å²) in [6.07, 6.45) is 0.461. The van der Waals surface area contributed by atoms with Gasteiger partial charge in [-0.15, -0.1) is 0 Å². The molecule has 0 aliphatic carbocycles. The minimum Gasteiger partial charge on any atom is -0.422 e. The summed E-state index contributed by atoms with van der Waals surface area (Å²) in [7, 11) is 0. The van der Waals surface area contributed by atoms with Crippen LogP contribution >= 0.6 is 0 Å². The maximum Gasteiger partial charge on any atom is 0.343 e. The van der Waals surface area contributed by atoms with Crippen LogP contribution in [-0.2, 0) is 9.59 Å². The number of aryl methyl sites for hydroxylation is 2. The van der Waals surface area contributed by atoms with Crippen LogP contribution in [0.4, 0.5) is 5.69 Å². The zero-order valence-electron chi connectivity index (χ0n) is 14.5. The van der Waals surface area contributed by atoms with Crippen LogP contribution in [0.1, 0.15) is 39.9 Å². The summed E-state index contributed by atoms with van der Waals surface area (Å²) in [5.41, 5.74) is 3.71. The molecule has 0 unspecified atom stereocenters. The summed E-state index contributed by atoms with van der Waals surface area (Å²) in [6, 6.07) is 10.2. The summed E-state index contributed by atoms with van der Waals surface area (Å²) < 4.78 is 5.56. The molecule has 1 aliphatic rings. The lowest BCUT2D eigenvalue weighted by molar-refractivity contribution is -0.121. The summed E-state index contributed by atoms with van der Waals surface area (Å²) in [6.45, 7) is 5.77. The van der Waals surface area contributed by atoms with Crippen LogP contribution in [0.2, 0.25) is 0 Å². The Morgan fingerprint density at radius 2 is 1.44 bits per heavy atom. The molecule has 1 saturated heterocycles. The lowest BCUT2D eigenvalue weighted by atomic mass is 10.1. The number of hydrogen-bond donors (Lipinski definition) is 0. The third-order valence-corrected chi connectivity index (χ3v) is 4.48. The second-order valence-corrected chi connectivity index (χ2v) is 6.21. The smallest absolute Gasteiger partial charge is 0.343 e. The minimum atomic E-state index is -0.470. The van der Waals surface area contributed by atoms with Gasteiger partial charge in [0, 0.05) is 12.8 Å². The lowest BCUT2D eigenvalue weighted by Crippen LogP contribution is -2.28. The molecule has 5 heteroatoms. The van der Waals surface area contributed by atoms with Crippen LogP contribution in [0.25, 0.3) is 0 Å². The molecule has 0 aromatic heterocycles. The number of benzene rings is 2. The van der Waals surface area contributed by atoms with Crippen LogP contribution in [0, 0.1) is 20.8 Å². The molecule has 0 spiro atoms. The molecule has 0 saturated carbocycles. The molecule has 1 heterocycles. The molecule has 0 atom stereocenters. The van der Waals surface area contributed by atoms with Gasteiger partial charge < -0.3 is 4.74 Å². The zero-order chi connectivity index (χ0) is 18.1. The fourth-order valence-electron chi connectivity index (χ4n) is 2.85. The van der Waals surface area contributed by atoms with Crippen molar-refractivity contribution in [3.05, 3.63) is 58.7 Å². The number of ether oxygens (including phenoxy) is 1. The minimum absolute atomic E-state index is 0.216. The molecule has 25 heavy (non-hydrogen) atoms. The van der Waals surface area contributed by atoms with Crippen molar-refractivity contribution in [3.63, 3.8) is 0 Å². The Hall–Kier alpha value is -2.95. The first kappa shape index (κ1) is 16.9. The number of amides is 2. The van der Waals surface area contributed by atoms with Crippen LogP contribution in [0.15, 0.2) is 36.4 Å². The molecule has 5 nitrogen and oxygen atoms in total. The maximum atomic E-state index is 12.4. The SMILES string of the molecule is Cc1ccc(C)c(OC(=O)c2ccc(N3C(=O)CCC3=O)cc2)c1C. The standard InChI is InChI=1S/C20H19NO4/c1-12-4-5-13(2)19(14(12)3)25-20(24)15-6-8-16(9-7-15)21-17(22)10-11-18(21)23/h4-9H,10-11H2,1-3H3. The molecule has 0 radical (unpaired) electrons. The molecule has 0 N–H and O–H groups in total. The van der Waals surface area contributed by atoms with E-state index in [-0.39, 0.29) is 24.7 Å². The molecule has 128 valence electrons. The van der Waals surface area contributed by atoms with Gasteiger partial charge in [0.2, 0.25) is 11.8 Å². The van der Waals surface area contributed by atoms with Crippen molar-refractivity contribution in [1.82, 2.24) is 0 Å². The number of carbonyl (C=O) groups is 3. The third-order valence-electron chi connectivity index (χ3n) is 4.48. The number of nitrogens with zero attached hydrogens (tertiary/aromatic N) is 1. The second-order valence-electron chi connectivity index (χ2n) is 6.21. The number of anilines is 1. The van der Waals surface area contributed by atoms with Gasteiger partial charge in [0.1, 0.15) is 5.75 Å². The summed E-state index contributed by atoms with van der Waals surface area (Å²) >= 11 is 0. The first-order valence-corrected chi connectivity index (χ1v) is 8.13. The van der Waals surface area contributed by atoms with Crippen molar-refractivity contribution in [3.8, 4) is 5.75 Å². The van der Waals surface area contributed by atoms with E-state index >= 15 is 0 Å². The normalized spacial score (nSPS) is 14.1. The number of imide groups is 1. The molecular weight excluding hydrogens is 318 g/mol. The van der Waals surface area contributed by atoms with Gasteiger partial charge in [-0.25, -0.2) is 4.79 Å². The molecule has 1 aliphatic heterocycles. The van der Waals surface area contributed by atoms with Gasteiger partial charge in [-0.2, -0.15) is 0 Å². The van der Waals surface area contributed by atoms with Crippen molar-refractivity contribution in [2.45, 2.75) is 33.6 Å². The van der Waals surface area contributed by atoms with E-state index in [0.29, 0.717) is 17.0 Å². The Balaban J connectivity index is 1.81. The topological polar surface area (TPSA) is 63.7 Å². The van der Waals surface area contributed by atoms with E-state index < -0.39 is 5.97 Å². The Kier molecular flexibility index (Phi) is 4.40. The molecular formula is C20H19NO4. The largest absolute Gasteiger partial charge is 0.422 e. The van der Waals surface area contributed by atoms with Crippen molar-refractivity contribution >= 4 is 23.5 Å². The quantitative estimate of drug-likeness (QED) is 0.489. The highest BCUT2D eigenvalue weighted by atomic mass is 16.5. The van der Waals surface area contributed by atoms with E-state index in [4.69, 9.17) is 4.74 Å². The number of carbonyl (C=O) groups excluding carboxylic acids is 3. The molecule has 2 amide bonds. The molecule has 3 rings (SSSR count). The number of rotatable bonds is 3. The van der Waals surface area contributed by atoms with Gasteiger partial charge in [0.05, 0.1) is 11.3 Å². The van der Waals surface area contributed by atoms with E-state index in [0.717, 1.165) is 21.6 Å². The van der Waals surface area contributed by atoms with Crippen molar-refractivity contribution in [2.75, 3.05) is 4.90 Å². The van der Waals surface area contributed by atoms with Crippen molar-refractivity contribution in [2.24, 2.45) is 0 Å². The maximum absolute atomic E-state index is 12.4. The van der Waals surface area contributed by atoms with Crippen molar-refractivity contribution < 1.29 is 19.1 Å². The predicted octanol–water partition coefficient (Wildman–Crippen LogP) is 3.48. The Morgan fingerprint density at radius 1 is 0.880 bits per heavy atom. The zero-order valence-corrected chi connectivity index (χ0v) is 14.5. The summed E-state index contributed by atoms with van der Waals surface area (Å²) in [4.78, 5) is 37.1. The number of esters is 1. The van der Waals surface area contributed by atoms with Crippen LogP contribution in [0.5, 0.6) is 5.75 Å². The highest BCUT2D eigenvalue weighted by Gasteiger charge is 2.30. The average Bonchev–Trinajstić information content (AvgIpc) is 2.94. The average molecular weight is 337 g/mol. The van der Waals surface area contributed by atoms with E-state index in [1.165, 1.54) is 0 Å². The lowest BCUT2D eigenvalue weighted by Gasteiger charge is -2.15. The van der Waals surface area contributed by atoms with Crippen molar-refractivity contribution in [1.29, 1.82) is 0 Å². The van der Waals surface area contributed by atoms with Crippen LogP contribution in [-0.4, -0.2) is 17.8 Å². The Morgan fingerprint density at radius 3 is 2.04 bits per heavy atom. The van der Waals surface area contributed by atoms with Gasteiger partial charge in [0.25, 0.3) is 0 Å². The highest BCUT2D eigenvalue weighted by Crippen LogP contribution is 2.27. The van der Waals surface area contributed by atoms with Gasteiger partial charge >= 0.3 is 5.97 Å². The van der Waals surface area contributed by atoms with Crippen LogP contribution < -0.4 is 9.64 Å². The summed E-state index contributed by atoms with van der Waals surface area (Å²) in [5, 5.41) is 0. The van der Waals surface area contributed by atoms with Crippen LogP contribution in [0.3, 0.4) is 0 Å². The van der Waals surface area contributed by atoms with E-state index in [1.807, 2.05) is 32.9 Å². The van der Waals surface area contributed by atoms with Gasteiger partial charge in [-0.3, -0.25) is 14.5 Å². The van der Waals surface area contributed by atoms with E-state index in [2.05, 4.69) is 0 Å². The van der Waals surface area contributed by atoms with E-state index in [1.54, 1.807) is 24.3 Å². The first-order valence-electron chi connectivity index (χ1n) is 8.13. The fourth-order valence-corrected chi connectivity index (χ4v) is 2.85. The highest BCUT2D eigenvalue weighted by molar-refractivity contribution is 6.19. The van der Waals surface area contributed by atoms with Gasteiger partial charge in [-0.05, 0) is 61.7 Å². The third kappa shape index (κ3) is 3.18. The Bertz CT molecular complexity index is 852. The number of hydrogen-bond acceptors (Lipinski definition) is 4. The molecule has 2 aromatic rings. The summed E-state index contributed by atoms with van der Waals surface area (Å²) in [5.74, 6) is -0.334. The predicted molar refractivity (Wildman–Crippen MR) is 93.8 cm³/mol.